The van der Waals surface area contributed by atoms with E-state index in [1.54, 1.807) is 38.3 Å². The molecular weight excluding hydrogens is 760 g/mol. The Morgan fingerprint density at radius 1 is 0.958 bits per heavy atom. The molecule has 5 aromatic rings. The highest BCUT2D eigenvalue weighted by atomic mass is 79.9. The number of carbonyl (C=O) groups excluding carboxylic acids is 1. The van der Waals surface area contributed by atoms with Gasteiger partial charge in [-0.05, 0) is 58.8 Å². The highest BCUT2D eigenvalue weighted by molar-refractivity contribution is 9.11. The van der Waals surface area contributed by atoms with Gasteiger partial charge < -0.3 is 18.9 Å². The standard InChI is InChI=1S/C37H30Br2N2O6S/c1-4-46-36(43)31-32(23-13-9-6-10-14-23)40-37-41(33(31)27-16-15-26(44-2)20-29(27)45-3)35(42)30(48-37)18-24-17-25(38)19-28(39)34(24)47-21-22-11-7-5-8-12-22/h5-20,33H,4,21H2,1-3H3/b30-18-/t33-/m0/s1. The van der Waals surface area contributed by atoms with Crippen LogP contribution in [0.3, 0.4) is 0 Å². The van der Waals surface area contributed by atoms with Crippen LogP contribution in [0.15, 0.2) is 115 Å². The van der Waals surface area contributed by atoms with Gasteiger partial charge in [-0.15, -0.1) is 0 Å². The second-order valence-electron chi connectivity index (χ2n) is 10.6. The molecule has 6 rings (SSSR count). The van der Waals surface area contributed by atoms with Crippen molar-refractivity contribution >= 4 is 60.9 Å². The van der Waals surface area contributed by atoms with Crippen LogP contribution in [0, 0.1) is 0 Å². The smallest absolute Gasteiger partial charge is 0.338 e. The van der Waals surface area contributed by atoms with Gasteiger partial charge in [0.25, 0.3) is 5.56 Å². The van der Waals surface area contributed by atoms with Gasteiger partial charge in [0.05, 0.1) is 41.1 Å². The van der Waals surface area contributed by atoms with Crippen LogP contribution >= 0.6 is 43.2 Å². The van der Waals surface area contributed by atoms with E-state index in [-0.39, 0.29) is 17.7 Å². The Kier molecular flexibility index (Phi) is 10.3. The minimum Gasteiger partial charge on any atom is -0.497 e. The first-order valence-corrected chi connectivity index (χ1v) is 17.4. The second-order valence-corrected chi connectivity index (χ2v) is 13.4. The van der Waals surface area contributed by atoms with E-state index < -0.39 is 12.0 Å². The van der Waals surface area contributed by atoms with Crippen LogP contribution in [-0.2, 0) is 16.1 Å². The zero-order chi connectivity index (χ0) is 33.8. The number of ether oxygens (including phenoxy) is 4. The Labute approximate surface area is 297 Å². The number of methoxy groups -OCH3 is 2. The minimum atomic E-state index is -0.915. The molecule has 2 heterocycles. The SMILES string of the molecule is CCOC(=O)C1=C(c2ccccc2)N=c2s/c(=C\c3cc(Br)cc(Br)c3OCc3ccccc3)c(=O)n2[C@H]1c1ccc(OC)cc1OC. The van der Waals surface area contributed by atoms with Crippen molar-refractivity contribution in [2.45, 2.75) is 19.6 Å². The number of benzene rings is 4. The summed E-state index contributed by atoms with van der Waals surface area (Å²) in [4.78, 5) is 33.8. The van der Waals surface area contributed by atoms with E-state index in [0.717, 1.165) is 14.5 Å². The molecule has 0 saturated carbocycles. The van der Waals surface area contributed by atoms with E-state index in [2.05, 4.69) is 31.9 Å². The van der Waals surface area contributed by atoms with Gasteiger partial charge in [0, 0.05) is 27.2 Å². The molecule has 11 heteroatoms. The molecule has 0 saturated heterocycles. The Morgan fingerprint density at radius 2 is 1.69 bits per heavy atom. The van der Waals surface area contributed by atoms with E-state index in [9.17, 15) is 9.59 Å². The number of thiazole rings is 1. The van der Waals surface area contributed by atoms with Crippen LogP contribution < -0.4 is 29.1 Å². The van der Waals surface area contributed by atoms with Gasteiger partial charge >= 0.3 is 5.97 Å². The number of esters is 1. The summed E-state index contributed by atoms with van der Waals surface area (Å²) in [5, 5.41) is 0. The minimum absolute atomic E-state index is 0.144. The molecule has 8 nitrogen and oxygen atoms in total. The number of halogens is 2. The lowest BCUT2D eigenvalue weighted by molar-refractivity contribution is -0.138. The quantitative estimate of drug-likeness (QED) is 0.141. The Hall–Kier alpha value is -4.45. The molecule has 0 amide bonds. The molecule has 48 heavy (non-hydrogen) atoms. The predicted octanol–water partition coefficient (Wildman–Crippen LogP) is 7.06. The summed E-state index contributed by atoms with van der Waals surface area (Å²) in [6, 6.07) is 27.4. The molecule has 0 unspecified atom stereocenters. The number of aromatic nitrogens is 1. The summed E-state index contributed by atoms with van der Waals surface area (Å²) < 4.78 is 26.6. The largest absolute Gasteiger partial charge is 0.497 e. The van der Waals surface area contributed by atoms with Gasteiger partial charge in [0.15, 0.2) is 4.80 Å². The third kappa shape index (κ3) is 6.76. The molecule has 244 valence electrons. The van der Waals surface area contributed by atoms with Gasteiger partial charge in [-0.1, -0.05) is 87.9 Å². The van der Waals surface area contributed by atoms with Crippen LogP contribution in [0.2, 0.25) is 0 Å². The van der Waals surface area contributed by atoms with Gasteiger partial charge in [-0.25, -0.2) is 9.79 Å². The van der Waals surface area contributed by atoms with Gasteiger partial charge in [-0.3, -0.25) is 9.36 Å². The Balaban J connectivity index is 1.60. The average molecular weight is 791 g/mol. The maximum Gasteiger partial charge on any atom is 0.338 e. The Morgan fingerprint density at radius 3 is 2.38 bits per heavy atom. The number of hydrogen-bond donors (Lipinski definition) is 0. The maximum atomic E-state index is 14.5. The summed E-state index contributed by atoms with van der Waals surface area (Å²) in [5.41, 5.74) is 3.29. The van der Waals surface area contributed by atoms with Crippen molar-refractivity contribution in [3.05, 3.63) is 147 Å². The summed E-state index contributed by atoms with van der Waals surface area (Å²) >= 11 is 8.46. The fourth-order valence-electron chi connectivity index (χ4n) is 5.49. The predicted molar refractivity (Wildman–Crippen MR) is 193 cm³/mol. The number of rotatable bonds is 10. The molecule has 0 radical (unpaired) electrons. The molecule has 0 fully saturated rings. The lowest BCUT2D eigenvalue weighted by Gasteiger charge is -2.27. The number of nitrogens with zero attached hydrogens (tertiary/aromatic N) is 2. The molecule has 0 N–H and O–H groups in total. The molecular formula is C37H30Br2N2O6S. The Bertz CT molecular complexity index is 2200. The molecule has 1 aliphatic heterocycles. The zero-order valence-corrected chi connectivity index (χ0v) is 30.2. The van der Waals surface area contributed by atoms with Crippen molar-refractivity contribution in [2.75, 3.05) is 20.8 Å². The normalized spacial score (nSPS) is 14.3. The van der Waals surface area contributed by atoms with Crippen LogP contribution in [0.1, 0.15) is 35.2 Å². The fraction of sp³-hybridized carbons (Fsp3) is 0.162. The third-order valence-electron chi connectivity index (χ3n) is 7.66. The van der Waals surface area contributed by atoms with Gasteiger partial charge in [0.1, 0.15) is 29.9 Å². The zero-order valence-electron chi connectivity index (χ0n) is 26.2. The van der Waals surface area contributed by atoms with Crippen LogP contribution in [0.5, 0.6) is 17.2 Å². The molecule has 0 spiro atoms. The lowest BCUT2D eigenvalue weighted by atomic mass is 9.92. The lowest BCUT2D eigenvalue weighted by Crippen LogP contribution is -2.40. The van der Waals surface area contributed by atoms with Crippen molar-refractivity contribution in [1.29, 1.82) is 0 Å². The molecule has 1 aromatic heterocycles. The van der Waals surface area contributed by atoms with E-state index in [0.29, 0.717) is 55.6 Å². The van der Waals surface area contributed by atoms with Crippen molar-refractivity contribution in [2.24, 2.45) is 4.99 Å². The van der Waals surface area contributed by atoms with Gasteiger partial charge in [0.2, 0.25) is 0 Å². The first-order chi connectivity index (χ1) is 23.3. The topological polar surface area (TPSA) is 88.4 Å². The molecule has 4 aromatic carbocycles. The first kappa shape index (κ1) is 33.5. The van der Waals surface area contributed by atoms with Gasteiger partial charge in [-0.2, -0.15) is 0 Å². The maximum absolute atomic E-state index is 14.5. The summed E-state index contributed by atoms with van der Waals surface area (Å²) in [7, 11) is 3.10. The number of hydrogen-bond acceptors (Lipinski definition) is 8. The monoisotopic (exact) mass is 788 g/mol. The van der Waals surface area contributed by atoms with Crippen molar-refractivity contribution < 1.29 is 23.7 Å². The first-order valence-electron chi connectivity index (χ1n) is 15.0. The van der Waals surface area contributed by atoms with Crippen molar-refractivity contribution in [3.8, 4) is 17.2 Å². The van der Waals surface area contributed by atoms with Crippen molar-refractivity contribution in [3.63, 3.8) is 0 Å². The molecule has 0 aliphatic carbocycles. The van der Waals surface area contributed by atoms with Crippen LogP contribution in [0.4, 0.5) is 0 Å². The van der Waals surface area contributed by atoms with E-state index in [4.69, 9.17) is 23.9 Å². The van der Waals surface area contributed by atoms with E-state index in [1.807, 2.05) is 72.8 Å². The second kappa shape index (κ2) is 14.8. The number of fused-ring (bicyclic) bond motifs is 1. The molecule has 1 atom stereocenters. The highest BCUT2D eigenvalue weighted by Crippen LogP contribution is 2.40. The molecule has 1 aliphatic rings. The fourth-order valence-corrected chi connectivity index (χ4v) is 7.85. The number of carbonyl (C=O) groups is 1. The molecule has 0 bridgehead atoms. The van der Waals surface area contributed by atoms with E-state index >= 15 is 0 Å². The van der Waals surface area contributed by atoms with Crippen LogP contribution in [0.25, 0.3) is 11.8 Å². The van der Waals surface area contributed by atoms with E-state index in [1.165, 1.54) is 23.0 Å². The average Bonchev–Trinajstić information content (AvgIpc) is 3.41. The van der Waals surface area contributed by atoms with Crippen molar-refractivity contribution in [1.82, 2.24) is 4.57 Å². The highest BCUT2D eigenvalue weighted by Gasteiger charge is 2.37. The summed E-state index contributed by atoms with van der Waals surface area (Å²) in [6.45, 7) is 2.22. The summed E-state index contributed by atoms with van der Waals surface area (Å²) in [5.74, 6) is 1.01. The third-order valence-corrected chi connectivity index (χ3v) is 9.69. The summed E-state index contributed by atoms with van der Waals surface area (Å²) in [6.07, 6.45) is 1.79. The van der Waals surface area contributed by atoms with Crippen LogP contribution in [-0.4, -0.2) is 31.4 Å².